The summed E-state index contributed by atoms with van der Waals surface area (Å²) in [6.45, 7) is 2.60. The smallest absolute Gasteiger partial charge is 0.305 e. The van der Waals surface area contributed by atoms with Crippen LogP contribution in [-0.2, 0) is 19.6 Å². The molecule has 0 radical (unpaired) electrons. The molecule has 1 aliphatic heterocycles. The minimum atomic E-state index is -3.31. The Balaban J connectivity index is 1.58. The van der Waals surface area contributed by atoms with Crippen molar-refractivity contribution in [3.05, 3.63) is 29.8 Å². The van der Waals surface area contributed by atoms with Crippen molar-refractivity contribution in [3.8, 4) is 0 Å². The molecule has 1 aromatic carbocycles. The quantitative estimate of drug-likeness (QED) is 0.340. The second-order valence-corrected chi connectivity index (χ2v) is 8.67. The number of carbonyl (C=O) groups excluding carboxylic acids is 1. The SMILES string of the molecule is COC(=O)CCCCCCCCC1CN1S(=O)(=O)c1ccc(C)cc1. The number of rotatable bonds is 11. The number of carbonyl (C=O) groups is 1. The highest BCUT2D eigenvalue weighted by atomic mass is 32.2. The molecule has 2 unspecified atom stereocenters. The van der Waals surface area contributed by atoms with Gasteiger partial charge in [0.1, 0.15) is 0 Å². The van der Waals surface area contributed by atoms with Crippen molar-refractivity contribution >= 4 is 16.0 Å². The molecule has 0 N–H and O–H groups in total. The van der Waals surface area contributed by atoms with Crippen LogP contribution in [0.4, 0.5) is 0 Å². The van der Waals surface area contributed by atoms with E-state index in [1.807, 2.05) is 19.1 Å². The molecule has 140 valence electrons. The van der Waals surface area contributed by atoms with Gasteiger partial charge in [0.15, 0.2) is 0 Å². The molecule has 0 saturated carbocycles. The van der Waals surface area contributed by atoms with E-state index in [0.29, 0.717) is 17.9 Å². The van der Waals surface area contributed by atoms with Crippen molar-refractivity contribution in [2.45, 2.75) is 69.2 Å². The fraction of sp³-hybridized carbons (Fsp3) is 0.632. The third-order valence-corrected chi connectivity index (χ3v) is 6.62. The molecule has 1 fully saturated rings. The van der Waals surface area contributed by atoms with Crippen molar-refractivity contribution in [3.63, 3.8) is 0 Å². The third-order valence-electron chi connectivity index (χ3n) is 4.69. The third kappa shape index (κ3) is 6.12. The first-order valence-electron chi connectivity index (χ1n) is 9.10. The first-order valence-corrected chi connectivity index (χ1v) is 10.5. The Kier molecular flexibility index (Phi) is 7.44. The van der Waals surface area contributed by atoms with E-state index in [9.17, 15) is 13.2 Å². The zero-order valence-corrected chi connectivity index (χ0v) is 16.1. The molecule has 0 bridgehead atoms. The van der Waals surface area contributed by atoms with Gasteiger partial charge < -0.3 is 4.74 Å². The Morgan fingerprint density at radius 2 is 1.68 bits per heavy atom. The van der Waals surface area contributed by atoms with Crippen molar-refractivity contribution < 1.29 is 17.9 Å². The summed E-state index contributed by atoms with van der Waals surface area (Å²) in [6.07, 6.45) is 7.81. The number of unbranched alkanes of at least 4 members (excludes halogenated alkanes) is 5. The minimum absolute atomic E-state index is 0.136. The highest BCUT2D eigenvalue weighted by Gasteiger charge is 2.43. The maximum absolute atomic E-state index is 12.5. The second-order valence-electron chi connectivity index (χ2n) is 6.78. The molecule has 1 heterocycles. The Hall–Kier alpha value is -1.40. The maximum Gasteiger partial charge on any atom is 0.305 e. The first-order chi connectivity index (χ1) is 11.9. The maximum atomic E-state index is 12.5. The Morgan fingerprint density at radius 3 is 2.32 bits per heavy atom. The molecule has 6 heteroatoms. The highest BCUT2D eigenvalue weighted by molar-refractivity contribution is 7.89. The molecule has 0 spiro atoms. The van der Waals surface area contributed by atoms with Gasteiger partial charge in [-0.25, -0.2) is 8.42 Å². The van der Waals surface area contributed by atoms with Crippen LogP contribution in [0.3, 0.4) is 0 Å². The van der Waals surface area contributed by atoms with Crippen LogP contribution in [0, 0.1) is 6.92 Å². The van der Waals surface area contributed by atoms with Crippen molar-refractivity contribution in [1.29, 1.82) is 0 Å². The summed E-state index contributed by atoms with van der Waals surface area (Å²) in [5.74, 6) is -0.136. The van der Waals surface area contributed by atoms with E-state index < -0.39 is 10.0 Å². The fourth-order valence-corrected chi connectivity index (χ4v) is 4.61. The standard InChI is InChI=1S/C19H29NO4S/c1-16-11-13-18(14-12-16)25(22,23)20-15-17(20)9-7-5-3-4-6-8-10-19(21)24-2/h11-14,17H,3-10,15H2,1-2H3. The van der Waals surface area contributed by atoms with E-state index in [4.69, 9.17) is 0 Å². The summed E-state index contributed by atoms with van der Waals surface area (Å²) < 4.78 is 31.2. The van der Waals surface area contributed by atoms with Gasteiger partial charge in [0.25, 0.3) is 0 Å². The molecule has 25 heavy (non-hydrogen) atoms. The summed E-state index contributed by atoms with van der Waals surface area (Å²) in [6, 6.07) is 7.23. The largest absolute Gasteiger partial charge is 0.469 e. The number of hydrogen-bond acceptors (Lipinski definition) is 4. The number of aryl methyl sites for hydroxylation is 1. The van der Waals surface area contributed by atoms with Crippen molar-refractivity contribution in [2.75, 3.05) is 13.7 Å². The van der Waals surface area contributed by atoms with E-state index >= 15 is 0 Å². The average Bonchev–Trinajstić information content (AvgIpc) is 3.38. The number of ether oxygens (including phenoxy) is 1. The fourth-order valence-electron chi connectivity index (χ4n) is 2.99. The lowest BCUT2D eigenvalue weighted by Gasteiger charge is -2.07. The van der Waals surface area contributed by atoms with Gasteiger partial charge in [-0.1, -0.05) is 49.8 Å². The molecule has 2 rings (SSSR count). The lowest BCUT2D eigenvalue weighted by atomic mass is 10.1. The number of nitrogens with zero attached hydrogens (tertiary/aromatic N) is 1. The molecular weight excluding hydrogens is 338 g/mol. The highest BCUT2D eigenvalue weighted by Crippen LogP contribution is 2.31. The number of sulfonamides is 1. The average molecular weight is 368 g/mol. The van der Waals surface area contributed by atoms with Gasteiger partial charge in [-0.2, -0.15) is 4.31 Å². The van der Waals surface area contributed by atoms with Crippen molar-refractivity contribution in [1.82, 2.24) is 4.31 Å². The van der Waals surface area contributed by atoms with Gasteiger partial charge in [0.05, 0.1) is 12.0 Å². The number of esters is 1. The van der Waals surface area contributed by atoms with Crippen molar-refractivity contribution in [2.24, 2.45) is 0 Å². The van der Waals surface area contributed by atoms with Crippen LogP contribution in [0.5, 0.6) is 0 Å². The Morgan fingerprint density at radius 1 is 1.08 bits per heavy atom. The van der Waals surface area contributed by atoms with E-state index in [2.05, 4.69) is 4.74 Å². The van der Waals surface area contributed by atoms with Gasteiger partial charge in [-0.05, 0) is 31.9 Å². The molecule has 1 aliphatic rings. The molecule has 0 aliphatic carbocycles. The van der Waals surface area contributed by atoms with Crippen LogP contribution in [0.1, 0.15) is 56.9 Å². The van der Waals surface area contributed by atoms with E-state index in [-0.39, 0.29) is 12.0 Å². The topological polar surface area (TPSA) is 63.5 Å². The van der Waals surface area contributed by atoms with Crippen LogP contribution in [-0.4, -0.2) is 38.4 Å². The van der Waals surface area contributed by atoms with E-state index in [0.717, 1.165) is 50.5 Å². The summed E-state index contributed by atoms with van der Waals surface area (Å²) in [4.78, 5) is 11.4. The summed E-state index contributed by atoms with van der Waals surface area (Å²) >= 11 is 0. The predicted molar refractivity (Wildman–Crippen MR) is 97.8 cm³/mol. The summed E-state index contributed by atoms with van der Waals surface area (Å²) in [5.41, 5.74) is 1.06. The van der Waals surface area contributed by atoms with E-state index in [1.165, 1.54) is 7.11 Å². The van der Waals surface area contributed by atoms with Crippen LogP contribution in [0.2, 0.25) is 0 Å². The van der Waals surface area contributed by atoms with Crippen LogP contribution < -0.4 is 0 Å². The normalized spacial score (nSPS) is 19.6. The predicted octanol–water partition coefficient (Wildman–Crippen LogP) is 3.66. The summed E-state index contributed by atoms with van der Waals surface area (Å²) in [7, 11) is -1.89. The number of methoxy groups -OCH3 is 1. The Labute approximate surface area is 151 Å². The summed E-state index contributed by atoms with van der Waals surface area (Å²) in [5, 5.41) is 0. The molecule has 5 nitrogen and oxygen atoms in total. The first kappa shape index (κ1) is 19.9. The molecule has 2 atom stereocenters. The zero-order chi connectivity index (χ0) is 18.3. The number of hydrogen-bond donors (Lipinski definition) is 0. The zero-order valence-electron chi connectivity index (χ0n) is 15.2. The van der Waals surface area contributed by atoms with Gasteiger partial charge >= 0.3 is 5.97 Å². The molecular formula is C19H29NO4S. The minimum Gasteiger partial charge on any atom is -0.469 e. The molecule has 0 amide bonds. The van der Waals surface area contributed by atoms with E-state index in [1.54, 1.807) is 16.4 Å². The monoisotopic (exact) mass is 367 g/mol. The molecule has 1 aromatic rings. The van der Waals surface area contributed by atoms with Gasteiger partial charge in [-0.3, -0.25) is 4.79 Å². The molecule has 0 aromatic heterocycles. The van der Waals surface area contributed by atoms with Gasteiger partial charge in [0, 0.05) is 19.0 Å². The Bertz CT molecular complexity index is 655. The number of benzene rings is 1. The lowest BCUT2D eigenvalue weighted by molar-refractivity contribution is -0.140. The van der Waals surface area contributed by atoms with Crippen LogP contribution in [0.25, 0.3) is 0 Å². The second kappa shape index (κ2) is 9.34. The van der Waals surface area contributed by atoms with Crippen LogP contribution in [0.15, 0.2) is 29.2 Å². The molecule has 1 saturated heterocycles. The van der Waals surface area contributed by atoms with Gasteiger partial charge in [0.2, 0.25) is 10.0 Å². The van der Waals surface area contributed by atoms with Gasteiger partial charge in [-0.15, -0.1) is 0 Å². The lowest BCUT2D eigenvalue weighted by Crippen LogP contribution is -2.14. The van der Waals surface area contributed by atoms with Crippen LogP contribution >= 0.6 is 0 Å².